The fourth-order valence-electron chi connectivity index (χ4n) is 1.93. The molecule has 0 bridgehead atoms. The van der Waals surface area contributed by atoms with Crippen LogP contribution in [0.4, 0.5) is 11.4 Å². The molecule has 0 aliphatic carbocycles. The van der Waals surface area contributed by atoms with E-state index in [-0.39, 0.29) is 0 Å². The highest BCUT2D eigenvalue weighted by Gasteiger charge is 2.03. The van der Waals surface area contributed by atoms with Crippen molar-refractivity contribution in [2.24, 2.45) is 0 Å². The third kappa shape index (κ3) is 3.58. The van der Waals surface area contributed by atoms with E-state index in [2.05, 4.69) is 34.5 Å². The highest BCUT2D eigenvalue weighted by molar-refractivity contribution is 6.30. The van der Waals surface area contributed by atoms with Crippen LogP contribution in [0.5, 0.6) is 5.75 Å². The van der Waals surface area contributed by atoms with Crippen molar-refractivity contribution in [1.29, 1.82) is 0 Å². The molecule has 0 atom stereocenters. The number of ether oxygens (including phenoxy) is 1. The molecule has 106 valence electrons. The zero-order valence-electron chi connectivity index (χ0n) is 12.0. The summed E-state index contributed by atoms with van der Waals surface area (Å²) >= 11 is 6.01. The van der Waals surface area contributed by atoms with Gasteiger partial charge in [0.05, 0.1) is 12.8 Å². The van der Waals surface area contributed by atoms with E-state index in [1.807, 2.05) is 32.3 Å². The standard InChI is InChI=1S/C16H19ClN2O/c1-19(2)14-7-4-12(5-8-14)11-18-15-10-13(17)6-9-16(15)20-3/h4-10,18H,11H2,1-3H3. The van der Waals surface area contributed by atoms with E-state index >= 15 is 0 Å². The quantitative estimate of drug-likeness (QED) is 0.900. The second kappa shape index (κ2) is 6.53. The van der Waals surface area contributed by atoms with Gasteiger partial charge in [0.15, 0.2) is 0 Å². The minimum absolute atomic E-state index is 0.691. The molecule has 0 spiro atoms. The second-order valence-corrected chi connectivity index (χ2v) is 5.20. The predicted molar refractivity (Wildman–Crippen MR) is 86.1 cm³/mol. The maximum Gasteiger partial charge on any atom is 0.142 e. The van der Waals surface area contributed by atoms with Crippen LogP contribution in [0.15, 0.2) is 42.5 Å². The molecule has 0 aliphatic heterocycles. The molecule has 0 saturated carbocycles. The molecule has 2 aromatic rings. The summed E-state index contributed by atoms with van der Waals surface area (Å²) in [5.74, 6) is 0.791. The maximum absolute atomic E-state index is 6.01. The van der Waals surface area contributed by atoms with Gasteiger partial charge in [-0.1, -0.05) is 23.7 Å². The number of anilines is 2. The number of hydrogen-bond acceptors (Lipinski definition) is 3. The molecule has 3 nitrogen and oxygen atoms in total. The summed E-state index contributed by atoms with van der Waals surface area (Å²) in [5.41, 5.74) is 3.29. The fourth-order valence-corrected chi connectivity index (χ4v) is 2.10. The van der Waals surface area contributed by atoms with E-state index in [4.69, 9.17) is 16.3 Å². The molecule has 2 aromatic carbocycles. The van der Waals surface area contributed by atoms with E-state index in [1.54, 1.807) is 7.11 Å². The lowest BCUT2D eigenvalue weighted by Gasteiger charge is -2.14. The van der Waals surface area contributed by atoms with Crippen LogP contribution in [0.3, 0.4) is 0 Å². The topological polar surface area (TPSA) is 24.5 Å². The third-order valence-electron chi connectivity index (χ3n) is 3.10. The molecule has 4 heteroatoms. The lowest BCUT2D eigenvalue weighted by molar-refractivity contribution is 0.416. The Morgan fingerprint density at radius 1 is 1.10 bits per heavy atom. The molecule has 0 saturated heterocycles. The molecule has 0 aromatic heterocycles. The van der Waals surface area contributed by atoms with Crippen LogP contribution in [0.25, 0.3) is 0 Å². The maximum atomic E-state index is 6.01. The first kappa shape index (κ1) is 14.5. The fraction of sp³-hybridized carbons (Fsp3) is 0.250. The number of nitrogens with zero attached hydrogens (tertiary/aromatic N) is 1. The average Bonchev–Trinajstić information content (AvgIpc) is 2.45. The van der Waals surface area contributed by atoms with Crippen molar-refractivity contribution in [1.82, 2.24) is 0 Å². The molecule has 0 fully saturated rings. The average molecular weight is 291 g/mol. The molecular formula is C16H19ClN2O. The third-order valence-corrected chi connectivity index (χ3v) is 3.33. The van der Waals surface area contributed by atoms with E-state index in [1.165, 1.54) is 11.3 Å². The van der Waals surface area contributed by atoms with Gasteiger partial charge in [-0.25, -0.2) is 0 Å². The zero-order valence-corrected chi connectivity index (χ0v) is 12.7. The van der Waals surface area contributed by atoms with E-state index in [9.17, 15) is 0 Å². The van der Waals surface area contributed by atoms with Crippen LogP contribution in [0.1, 0.15) is 5.56 Å². The molecular weight excluding hydrogens is 272 g/mol. The normalized spacial score (nSPS) is 10.2. The lowest BCUT2D eigenvalue weighted by atomic mass is 10.2. The van der Waals surface area contributed by atoms with Crippen LogP contribution < -0.4 is 15.0 Å². The summed E-state index contributed by atoms with van der Waals surface area (Å²) in [6.07, 6.45) is 0. The first-order chi connectivity index (χ1) is 9.60. The molecule has 2 rings (SSSR count). The Kier molecular flexibility index (Phi) is 4.74. The van der Waals surface area contributed by atoms with Gasteiger partial charge in [-0.05, 0) is 35.9 Å². The van der Waals surface area contributed by atoms with Crippen LogP contribution in [-0.4, -0.2) is 21.2 Å². The van der Waals surface area contributed by atoms with Crippen molar-refractivity contribution in [2.45, 2.75) is 6.54 Å². The highest BCUT2D eigenvalue weighted by atomic mass is 35.5. The van der Waals surface area contributed by atoms with Crippen molar-refractivity contribution < 1.29 is 4.74 Å². The molecule has 0 heterocycles. The summed E-state index contributed by atoms with van der Waals surface area (Å²) < 4.78 is 5.31. The van der Waals surface area contributed by atoms with Crippen LogP contribution >= 0.6 is 11.6 Å². The van der Waals surface area contributed by atoms with E-state index < -0.39 is 0 Å². The monoisotopic (exact) mass is 290 g/mol. The van der Waals surface area contributed by atoms with Gasteiger partial charge in [0, 0.05) is 31.4 Å². The Hall–Kier alpha value is -1.87. The van der Waals surface area contributed by atoms with Crippen molar-refractivity contribution >= 4 is 23.0 Å². The molecule has 0 radical (unpaired) electrons. The predicted octanol–water partition coefficient (Wildman–Crippen LogP) is 4.03. The van der Waals surface area contributed by atoms with Gasteiger partial charge in [0.25, 0.3) is 0 Å². The first-order valence-electron chi connectivity index (χ1n) is 6.44. The van der Waals surface area contributed by atoms with Crippen LogP contribution in [0, 0.1) is 0 Å². The minimum Gasteiger partial charge on any atom is -0.495 e. The lowest BCUT2D eigenvalue weighted by Crippen LogP contribution is -2.08. The van der Waals surface area contributed by atoms with Gasteiger partial charge in [0.1, 0.15) is 5.75 Å². The number of rotatable bonds is 5. The Balaban J connectivity index is 2.06. The summed E-state index contributed by atoms with van der Waals surface area (Å²) in [7, 11) is 5.72. The second-order valence-electron chi connectivity index (χ2n) is 4.76. The number of hydrogen-bond donors (Lipinski definition) is 1. The summed E-state index contributed by atoms with van der Waals surface area (Å²) in [4.78, 5) is 2.08. The molecule has 0 amide bonds. The van der Waals surface area contributed by atoms with Gasteiger partial charge < -0.3 is 15.0 Å². The first-order valence-corrected chi connectivity index (χ1v) is 6.81. The van der Waals surface area contributed by atoms with Crippen LogP contribution in [-0.2, 0) is 6.54 Å². The van der Waals surface area contributed by atoms with E-state index in [0.717, 1.165) is 18.0 Å². The SMILES string of the molecule is COc1ccc(Cl)cc1NCc1ccc(N(C)C)cc1. The van der Waals surface area contributed by atoms with Gasteiger partial charge in [-0.3, -0.25) is 0 Å². The minimum atomic E-state index is 0.691. The summed E-state index contributed by atoms with van der Waals surface area (Å²) in [6, 6.07) is 14.0. The summed E-state index contributed by atoms with van der Waals surface area (Å²) in [6.45, 7) is 0.727. The van der Waals surface area contributed by atoms with Crippen molar-refractivity contribution in [3.05, 3.63) is 53.1 Å². The molecule has 20 heavy (non-hydrogen) atoms. The molecule has 0 aliphatic rings. The largest absolute Gasteiger partial charge is 0.495 e. The molecule has 1 N–H and O–H groups in total. The molecule has 0 unspecified atom stereocenters. The smallest absolute Gasteiger partial charge is 0.142 e. The number of benzene rings is 2. The van der Waals surface area contributed by atoms with E-state index in [0.29, 0.717) is 5.02 Å². The summed E-state index contributed by atoms with van der Waals surface area (Å²) in [5, 5.41) is 4.04. The Morgan fingerprint density at radius 2 is 1.80 bits per heavy atom. The van der Waals surface area contributed by atoms with Gasteiger partial charge in [0.2, 0.25) is 0 Å². The highest BCUT2D eigenvalue weighted by Crippen LogP contribution is 2.28. The number of methoxy groups -OCH3 is 1. The number of nitrogens with one attached hydrogen (secondary N) is 1. The Bertz CT molecular complexity index is 567. The Morgan fingerprint density at radius 3 is 2.40 bits per heavy atom. The number of halogens is 1. The van der Waals surface area contributed by atoms with Crippen molar-refractivity contribution in [3.8, 4) is 5.75 Å². The van der Waals surface area contributed by atoms with Crippen molar-refractivity contribution in [2.75, 3.05) is 31.4 Å². The van der Waals surface area contributed by atoms with Gasteiger partial charge >= 0.3 is 0 Å². The van der Waals surface area contributed by atoms with Crippen molar-refractivity contribution in [3.63, 3.8) is 0 Å². The van der Waals surface area contributed by atoms with Crippen LogP contribution in [0.2, 0.25) is 5.02 Å². The van der Waals surface area contributed by atoms with Gasteiger partial charge in [-0.2, -0.15) is 0 Å². The Labute approximate surface area is 125 Å². The van der Waals surface area contributed by atoms with Gasteiger partial charge in [-0.15, -0.1) is 0 Å². The zero-order chi connectivity index (χ0) is 14.5.